The fourth-order valence-electron chi connectivity index (χ4n) is 5.21. The molecule has 0 unspecified atom stereocenters. The lowest BCUT2D eigenvalue weighted by atomic mass is 9.90. The molecule has 1 aliphatic carbocycles. The topological polar surface area (TPSA) is 118 Å². The number of likely N-dealkylation sites (tertiary alicyclic amines) is 1. The number of piperidine rings is 1. The van der Waals surface area contributed by atoms with E-state index in [1.165, 1.54) is 27.8 Å². The Labute approximate surface area is 205 Å². The van der Waals surface area contributed by atoms with Gasteiger partial charge in [-0.15, -0.1) is 0 Å². The maximum absolute atomic E-state index is 14.5. The molecule has 10 heteroatoms. The lowest BCUT2D eigenvalue weighted by molar-refractivity contribution is -0.123. The number of Topliss-reactive ketones (excluding diaryl/α,β-unsaturated/α-hetero) is 1. The summed E-state index contributed by atoms with van der Waals surface area (Å²) >= 11 is 5.88. The van der Waals surface area contributed by atoms with E-state index in [-0.39, 0.29) is 34.6 Å². The quantitative estimate of drug-likeness (QED) is 0.477. The van der Waals surface area contributed by atoms with Crippen molar-refractivity contribution in [3.8, 4) is 0 Å². The number of hydrogen-bond acceptors (Lipinski definition) is 4. The second-order valence-corrected chi connectivity index (χ2v) is 9.56. The van der Waals surface area contributed by atoms with Crippen LogP contribution in [0.25, 0.3) is 10.9 Å². The summed E-state index contributed by atoms with van der Waals surface area (Å²) in [6.07, 6.45) is 2.19. The van der Waals surface area contributed by atoms with Crippen LogP contribution in [0.15, 0.2) is 48.7 Å². The summed E-state index contributed by atoms with van der Waals surface area (Å²) in [7, 11) is 0. The van der Waals surface area contributed by atoms with Gasteiger partial charge in [0.1, 0.15) is 5.82 Å². The highest BCUT2D eigenvalue weighted by molar-refractivity contribution is 6.30. The lowest BCUT2D eigenvalue weighted by Crippen LogP contribution is -2.46. The Morgan fingerprint density at radius 1 is 1.20 bits per heavy atom. The number of hydrogen-bond donors (Lipinski definition) is 3. The van der Waals surface area contributed by atoms with Crippen LogP contribution in [0.5, 0.6) is 0 Å². The zero-order valence-corrected chi connectivity index (χ0v) is 19.4. The number of fused-ring (bicyclic) bond motifs is 2. The first-order chi connectivity index (χ1) is 16.8. The normalized spacial score (nSPS) is 21.6. The maximum atomic E-state index is 14.5. The molecule has 35 heavy (non-hydrogen) atoms. The number of urea groups is 1. The molecule has 2 aliphatic rings. The van der Waals surface area contributed by atoms with E-state index in [1.807, 2.05) is 0 Å². The largest absolute Gasteiger partial charge is 0.396 e. The summed E-state index contributed by atoms with van der Waals surface area (Å²) < 4.78 is 15.8. The molecule has 182 valence electrons. The molecule has 2 heterocycles. The number of halogens is 2. The summed E-state index contributed by atoms with van der Waals surface area (Å²) in [5, 5.41) is 13.3. The van der Waals surface area contributed by atoms with Gasteiger partial charge in [-0.05, 0) is 36.0 Å². The van der Waals surface area contributed by atoms with Crippen LogP contribution in [0.4, 0.5) is 19.7 Å². The van der Waals surface area contributed by atoms with Crippen molar-refractivity contribution in [1.82, 2.24) is 9.47 Å². The third kappa shape index (κ3) is 4.15. The van der Waals surface area contributed by atoms with Gasteiger partial charge in [-0.3, -0.25) is 9.36 Å². The van der Waals surface area contributed by atoms with Crippen LogP contribution in [0, 0.1) is 17.7 Å². The minimum absolute atomic E-state index is 0.0452. The number of para-hydroxylation sites is 1. The second kappa shape index (κ2) is 8.98. The smallest absolute Gasteiger partial charge is 0.323 e. The first kappa shape index (κ1) is 23.3. The number of amides is 3. The Hall–Kier alpha value is -3.43. The summed E-state index contributed by atoms with van der Waals surface area (Å²) in [6, 6.07) is 9.70. The Morgan fingerprint density at radius 3 is 2.71 bits per heavy atom. The zero-order chi connectivity index (χ0) is 24.9. The first-order valence-electron chi connectivity index (χ1n) is 11.3. The lowest BCUT2D eigenvalue weighted by Gasteiger charge is -2.28. The van der Waals surface area contributed by atoms with E-state index in [0.29, 0.717) is 23.1 Å². The van der Waals surface area contributed by atoms with Crippen LogP contribution in [0.2, 0.25) is 5.02 Å². The third-order valence-corrected chi connectivity index (χ3v) is 7.31. The van der Waals surface area contributed by atoms with Gasteiger partial charge >= 0.3 is 12.1 Å². The number of carbonyl (C=O) groups is 3. The Bertz CT molecular complexity index is 1340. The van der Waals surface area contributed by atoms with Crippen molar-refractivity contribution in [3.63, 3.8) is 0 Å². The number of benzene rings is 2. The van der Waals surface area contributed by atoms with Crippen molar-refractivity contribution in [1.29, 1.82) is 0 Å². The van der Waals surface area contributed by atoms with E-state index in [0.717, 1.165) is 6.42 Å². The molecule has 1 aliphatic heterocycles. The number of primary amides is 1. The standard InChI is InChI=1S/C25H24ClFN4O4/c26-18-6-3-5-15(22(18)27)14(12-32)9-21(33)23-17-8-13(17)10-31(23)25(35)29-19-11-30(24(28)34)20-7-2-1-4-16(19)20/h1-7,11,13-14,17,23,32H,8-10,12H2,(H2,28,34)(H,29,35)/t13-,14+,17-,23-/m0/s1. The van der Waals surface area contributed by atoms with Gasteiger partial charge in [0.05, 0.1) is 28.9 Å². The van der Waals surface area contributed by atoms with Gasteiger partial charge < -0.3 is 21.1 Å². The fourth-order valence-corrected chi connectivity index (χ4v) is 5.39. The van der Waals surface area contributed by atoms with Gasteiger partial charge in [-0.1, -0.05) is 41.9 Å². The van der Waals surface area contributed by atoms with Gasteiger partial charge in [-0.2, -0.15) is 0 Å². The molecule has 1 saturated heterocycles. The van der Waals surface area contributed by atoms with Crippen molar-refractivity contribution >= 4 is 46.0 Å². The zero-order valence-electron chi connectivity index (χ0n) is 18.7. The molecule has 1 saturated carbocycles. The molecule has 1 aromatic heterocycles. The molecule has 8 nitrogen and oxygen atoms in total. The molecule has 3 amide bonds. The van der Waals surface area contributed by atoms with Crippen LogP contribution < -0.4 is 11.1 Å². The molecule has 2 fully saturated rings. The monoisotopic (exact) mass is 498 g/mol. The summed E-state index contributed by atoms with van der Waals surface area (Å²) in [5.74, 6) is -1.38. The number of aromatic nitrogens is 1. The van der Waals surface area contributed by atoms with Crippen LogP contribution in [-0.4, -0.2) is 51.6 Å². The predicted molar refractivity (Wildman–Crippen MR) is 129 cm³/mol. The Kier molecular flexibility index (Phi) is 5.98. The van der Waals surface area contributed by atoms with Gasteiger partial charge in [-0.25, -0.2) is 14.0 Å². The number of nitrogens with two attached hydrogens (primary N) is 1. The number of aliphatic hydroxyl groups excluding tert-OH is 1. The third-order valence-electron chi connectivity index (χ3n) is 7.02. The molecule has 5 rings (SSSR count). The highest BCUT2D eigenvalue weighted by Crippen LogP contribution is 2.50. The minimum atomic E-state index is -0.766. The number of anilines is 1. The number of nitrogens with one attached hydrogen (secondary N) is 1. The van der Waals surface area contributed by atoms with Crippen molar-refractivity contribution in [2.45, 2.75) is 24.8 Å². The highest BCUT2D eigenvalue weighted by Gasteiger charge is 2.56. The molecular weight excluding hydrogens is 475 g/mol. The van der Waals surface area contributed by atoms with Crippen molar-refractivity contribution in [2.24, 2.45) is 17.6 Å². The second-order valence-electron chi connectivity index (χ2n) is 9.15. The SMILES string of the molecule is NC(=O)n1cc(NC(=O)N2C[C@@H]3C[C@@H]3[C@H]2C(=O)C[C@H](CO)c2cccc(Cl)c2F)c2ccccc21. The average molecular weight is 499 g/mol. The van der Waals surface area contributed by atoms with Crippen LogP contribution in [0.1, 0.15) is 24.3 Å². The average Bonchev–Trinajstić information content (AvgIpc) is 3.34. The van der Waals surface area contributed by atoms with Gasteiger partial charge in [0.2, 0.25) is 0 Å². The predicted octanol–water partition coefficient (Wildman–Crippen LogP) is 3.95. The summed E-state index contributed by atoms with van der Waals surface area (Å²) in [4.78, 5) is 39.9. The molecular formula is C25H24ClFN4O4. The molecule has 3 aromatic rings. The van der Waals surface area contributed by atoms with Gasteiger partial charge in [0, 0.05) is 30.5 Å². The van der Waals surface area contributed by atoms with Crippen LogP contribution in [-0.2, 0) is 4.79 Å². The Balaban J connectivity index is 1.36. The number of ketones is 1. The van der Waals surface area contributed by atoms with Crippen LogP contribution in [0.3, 0.4) is 0 Å². The summed E-state index contributed by atoms with van der Waals surface area (Å²) in [5.41, 5.74) is 6.60. The van der Waals surface area contributed by atoms with Crippen LogP contribution >= 0.6 is 11.6 Å². The molecule has 0 radical (unpaired) electrons. The number of nitrogens with zero attached hydrogens (tertiary/aromatic N) is 2. The maximum Gasteiger partial charge on any atom is 0.323 e. The number of rotatable bonds is 6. The molecule has 0 bridgehead atoms. The van der Waals surface area contributed by atoms with E-state index in [9.17, 15) is 23.9 Å². The van der Waals surface area contributed by atoms with Crippen molar-refractivity contribution in [2.75, 3.05) is 18.5 Å². The van der Waals surface area contributed by atoms with E-state index in [1.54, 1.807) is 30.3 Å². The van der Waals surface area contributed by atoms with E-state index in [2.05, 4.69) is 5.32 Å². The molecule has 4 atom stereocenters. The van der Waals surface area contributed by atoms with E-state index >= 15 is 0 Å². The van der Waals surface area contributed by atoms with Crippen molar-refractivity contribution < 1.29 is 23.9 Å². The molecule has 2 aromatic carbocycles. The van der Waals surface area contributed by atoms with E-state index in [4.69, 9.17) is 17.3 Å². The highest BCUT2D eigenvalue weighted by atomic mass is 35.5. The molecule has 4 N–H and O–H groups in total. The van der Waals surface area contributed by atoms with Gasteiger partial charge in [0.15, 0.2) is 5.78 Å². The molecule has 0 spiro atoms. The Morgan fingerprint density at radius 2 is 1.97 bits per heavy atom. The number of aliphatic hydroxyl groups is 1. The van der Waals surface area contributed by atoms with Gasteiger partial charge in [0.25, 0.3) is 0 Å². The van der Waals surface area contributed by atoms with E-state index < -0.39 is 36.4 Å². The number of carbonyl (C=O) groups excluding carboxylic acids is 3. The first-order valence-corrected chi connectivity index (χ1v) is 11.7. The summed E-state index contributed by atoms with van der Waals surface area (Å²) in [6.45, 7) is -0.000674. The fraction of sp³-hybridized carbons (Fsp3) is 0.320. The minimum Gasteiger partial charge on any atom is -0.396 e. The van der Waals surface area contributed by atoms with Crippen molar-refractivity contribution in [3.05, 3.63) is 65.1 Å².